The van der Waals surface area contributed by atoms with Crippen LogP contribution in [0.15, 0.2) is 0 Å². The molecule has 48 heavy (non-hydrogen) atoms. The lowest BCUT2D eigenvalue weighted by Crippen LogP contribution is -2.74. The normalized spacial score (nSPS) is 39.6. The van der Waals surface area contributed by atoms with Crippen molar-refractivity contribution in [3.8, 4) is 0 Å². The van der Waals surface area contributed by atoms with E-state index in [4.69, 9.17) is 9.47 Å². The maximum Gasteiger partial charge on any atom is 0.326 e. The number of urea groups is 2. The van der Waals surface area contributed by atoms with Gasteiger partial charge >= 0.3 is 24.0 Å². The molecule has 0 saturated carbocycles. The first-order chi connectivity index (χ1) is 22.2. The van der Waals surface area contributed by atoms with Crippen LogP contribution < -0.4 is 21.3 Å². The molecule has 4 heterocycles. The van der Waals surface area contributed by atoms with E-state index in [1.807, 2.05) is 69.2 Å². The fourth-order valence-corrected chi connectivity index (χ4v) is 8.59. The van der Waals surface area contributed by atoms with E-state index in [-0.39, 0.29) is 25.0 Å². The SMILES string of the molecule is CCC1(C)CC2(NC(=O)N(CC(=O)OCCOC(=O)CN3C(=O)NC4(CC(C)(CC)NC(C)(CC)C4C)C3=O)C2=O)C(C)C(C)(CC)N1. The number of carbonyl (C=O) groups excluding carboxylic acids is 6. The van der Waals surface area contributed by atoms with Gasteiger partial charge in [-0.05, 0) is 66.2 Å². The highest BCUT2D eigenvalue weighted by Crippen LogP contribution is 2.47. The third kappa shape index (κ3) is 6.18. The summed E-state index contributed by atoms with van der Waals surface area (Å²) in [5.74, 6) is -3.10. The first-order valence-corrected chi connectivity index (χ1v) is 17.4. The van der Waals surface area contributed by atoms with E-state index in [0.29, 0.717) is 12.8 Å². The van der Waals surface area contributed by atoms with Gasteiger partial charge in [0.1, 0.15) is 37.4 Å². The summed E-state index contributed by atoms with van der Waals surface area (Å²) in [7, 11) is 0. The second-order valence-electron chi connectivity index (χ2n) is 15.4. The van der Waals surface area contributed by atoms with Gasteiger partial charge in [-0.1, -0.05) is 41.5 Å². The number of rotatable bonds is 11. The number of hydrogen-bond acceptors (Lipinski definition) is 10. The van der Waals surface area contributed by atoms with Crippen LogP contribution in [0.3, 0.4) is 0 Å². The smallest absolute Gasteiger partial charge is 0.326 e. The third-order valence-corrected chi connectivity index (χ3v) is 12.5. The Morgan fingerprint density at radius 2 is 0.979 bits per heavy atom. The monoisotopic (exact) mass is 676 g/mol. The number of esters is 2. The van der Waals surface area contributed by atoms with Crippen LogP contribution in [0.2, 0.25) is 0 Å². The van der Waals surface area contributed by atoms with Crippen LogP contribution in [0.5, 0.6) is 0 Å². The molecule has 0 aromatic carbocycles. The summed E-state index contributed by atoms with van der Waals surface area (Å²) in [5.41, 5.74) is -3.99. The lowest BCUT2D eigenvalue weighted by molar-refractivity contribution is -0.155. The molecule has 4 aliphatic rings. The van der Waals surface area contributed by atoms with Gasteiger partial charge < -0.3 is 30.7 Å². The quantitative estimate of drug-likeness (QED) is 0.145. The van der Waals surface area contributed by atoms with E-state index in [1.165, 1.54) is 0 Å². The minimum atomic E-state index is -1.16. The molecule has 6 amide bonds. The van der Waals surface area contributed by atoms with E-state index in [9.17, 15) is 28.8 Å². The Bertz CT molecular complexity index is 1260. The number of ether oxygens (including phenoxy) is 2. The largest absolute Gasteiger partial charge is 0.461 e. The van der Waals surface area contributed by atoms with Crippen molar-refractivity contribution < 1.29 is 38.2 Å². The van der Waals surface area contributed by atoms with Gasteiger partial charge in [0.25, 0.3) is 11.8 Å². The number of nitrogens with one attached hydrogen (secondary N) is 4. The third-order valence-electron chi connectivity index (χ3n) is 12.5. The summed E-state index contributed by atoms with van der Waals surface area (Å²) in [6.07, 6.45) is 3.71. The summed E-state index contributed by atoms with van der Waals surface area (Å²) in [5, 5.41) is 13.2. The molecule has 8 atom stereocenters. The van der Waals surface area contributed by atoms with Crippen molar-refractivity contribution >= 4 is 35.8 Å². The number of hydrogen-bond donors (Lipinski definition) is 4. The van der Waals surface area contributed by atoms with Crippen molar-refractivity contribution in [2.45, 2.75) is 141 Å². The van der Waals surface area contributed by atoms with Crippen molar-refractivity contribution in [1.29, 1.82) is 0 Å². The number of nitrogens with zero attached hydrogens (tertiary/aromatic N) is 2. The predicted octanol–water partition coefficient (Wildman–Crippen LogP) is 2.59. The number of amides is 6. The molecule has 270 valence electrons. The summed E-state index contributed by atoms with van der Waals surface area (Å²) >= 11 is 0. The lowest BCUT2D eigenvalue weighted by atomic mass is 9.61. The van der Waals surface area contributed by atoms with Crippen LogP contribution >= 0.6 is 0 Å². The molecule has 4 rings (SSSR count). The van der Waals surface area contributed by atoms with E-state index >= 15 is 0 Å². The highest BCUT2D eigenvalue weighted by atomic mass is 16.6. The molecule has 4 fully saturated rings. The Balaban J connectivity index is 1.31. The first-order valence-electron chi connectivity index (χ1n) is 17.4. The standard InChI is InChI=1S/C34H56N6O8/c1-11-29(7)19-33(21(5)31(9,13-3)37-29)25(43)39(27(45)35-33)17-23(41)47-15-16-48-24(42)18-40-26(44)34(36-28(40)46)20-30(8,12-2)38-32(10,14-4)22(34)6/h21-22,37-38H,11-20H2,1-10H3,(H,35,45)(H,36,46). The molecule has 4 N–H and O–H groups in total. The lowest BCUT2D eigenvalue weighted by Gasteiger charge is -2.56. The molecule has 0 aliphatic carbocycles. The van der Waals surface area contributed by atoms with Crippen LogP contribution in [0, 0.1) is 11.8 Å². The molecule has 0 radical (unpaired) electrons. The molecule has 4 saturated heterocycles. The van der Waals surface area contributed by atoms with Gasteiger partial charge in [-0.15, -0.1) is 0 Å². The maximum atomic E-state index is 13.8. The second-order valence-corrected chi connectivity index (χ2v) is 15.4. The van der Waals surface area contributed by atoms with Gasteiger partial charge in [0.05, 0.1) is 0 Å². The van der Waals surface area contributed by atoms with E-state index < -0.39 is 82.1 Å². The van der Waals surface area contributed by atoms with Crippen LogP contribution in [-0.4, -0.2) is 105 Å². The van der Waals surface area contributed by atoms with Crippen molar-refractivity contribution in [1.82, 2.24) is 31.1 Å². The van der Waals surface area contributed by atoms with Gasteiger partial charge in [0.2, 0.25) is 0 Å². The molecule has 0 aromatic heterocycles. The Morgan fingerprint density at radius 1 is 0.646 bits per heavy atom. The highest BCUT2D eigenvalue weighted by Gasteiger charge is 2.65. The maximum absolute atomic E-state index is 13.8. The minimum Gasteiger partial charge on any atom is -0.461 e. The van der Waals surface area contributed by atoms with Crippen LogP contribution in [0.1, 0.15) is 108 Å². The highest BCUT2D eigenvalue weighted by molar-refractivity contribution is 6.10. The zero-order valence-electron chi connectivity index (χ0n) is 30.4. The summed E-state index contributed by atoms with van der Waals surface area (Å²) < 4.78 is 10.4. The second kappa shape index (κ2) is 12.9. The molecule has 14 nitrogen and oxygen atoms in total. The number of imide groups is 2. The molecular weight excluding hydrogens is 620 g/mol. The van der Waals surface area contributed by atoms with E-state index in [1.54, 1.807) is 0 Å². The fourth-order valence-electron chi connectivity index (χ4n) is 8.59. The fraction of sp³-hybridized carbons (Fsp3) is 0.824. The Kier molecular flexibility index (Phi) is 10.1. The van der Waals surface area contributed by atoms with Crippen LogP contribution in [-0.2, 0) is 28.7 Å². The van der Waals surface area contributed by atoms with Gasteiger partial charge in [-0.25, -0.2) is 9.59 Å². The van der Waals surface area contributed by atoms with Crippen molar-refractivity contribution in [3.63, 3.8) is 0 Å². The molecular formula is C34H56N6O8. The minimum absolute atomic E-state index is 0.253. The summed E-state index contributed by atoms with van der Waals surface area (Å²) in [6, 6.07) is -1.30. The molecule has 0 aromatic rings. The average Bonchev–Trinajstić information content (AvgIpc) is 3.40. The van der Waals surface area contributed by atoms with Crippen LogP contribution in [0.4, 0.5) is 9.59 Å². The van der Waals surface area contributed by atoms with Gasteiger partial charge in [-0.2, -0.15) is 0 Å². The zero-order chi connectivity index (χ0) is 36.1. The first kappa shape index (κ1) is 37.6. The number of piperidine rings is 2. The van der Waals surface area contributed by atoms with E-state index in [2.05, 4.69) is 21.3 Å². The van der Waals surface area contributed by atoms with Crippen molar-refractivity contribution in [2.75, 3.05) is 26.3 Å². The van der Waals surface area contributed by atoms with Gasteiger partial charge in [0, 0.05) is 34.0 Å². The Morgan fingerprint density at radius 3 is 1.27 bits per heavy atom. The summed E-state index contributed by atoms with van der Waals surface area (Å²) in [4.78, 5) is 80.9. The average molecular weight is 677 g/mol. The Labute approximate surface area is 284 Å². The van der Waals surface area contributed by atoms with Crippen molar-refractivity contribution in [3.05, 3.63) is 0 Å². The summed E-state index contributed by atoms with van der Waals surface area (Å²) in [6.45, 7) is 18.3. The van der Waals surface area contributed by atoms with Crippen LogP contribution in [0.25, 0.3) is 0 Å². The Hall–Kier alpha value is -3.26. The predicted molar refractivity (Wildman–Crippen MR) is 176 cm³/mol. The molecule has 8 unspecified atom stereocenters. The molecule has 14 heteroatoms. The number of carbonyl (C=O) groups is 6. The topological polar surface area (TPSA) is 175 Å². The van der Waals surface area contributed by atoms with E-state index in [0.717, 1.165) is 35.5 Å². The molecule has 0 bridgehead atoms. The van der Waals surface area contributed by atoms with Crippen molar-refractivity contribution in [2.24, 2.45) is 11.8 Å². The molecule has 4 aliphatic heterocycles. The van der Waals surface area contributed by atoms with Gasteiger partial charge in [0.15, 0.2) is 0 Å². The zero-order valence-corrected chi connectivity index (χ0v) is 30.4. The van der Waals surface area contributed by atoms with Gasteiger partial charge in [-0.3, -0.25) is 29.0 Å². The molecule has 2 spiro atoms.